The summed E-state index contributed by atoms with van der Waals surface area (Å²) in [7, 11) is 0. The molecule has 2 heterocycles. The fourth-order valence-corrected chi connectivity index (χ4v) is 8.81. The smallest absolute Gasteiger partial charge is 0.338 e. The summed E-state index contributed by atoms with van der Waals surface area (Å²) < 4.78 is 39.5. The van der Waals surface area contributed by atoms with E-state index in [1.54, 1.807) is 18.2 Å². The first kappa shape index (κ1) is 32.9. The molecule has 0 aromatic heterocycles. The van der Waals surface area contributed by atoms with E-state index >= 15 is 0 Å². The Morgan fingerprint density at radius 1 is 0.580 bits per heavy atom. The highest BCUT2D eigenvalue weighted by Crippen LogP contribution is 2.45. The maximum atomic E-state index is 12.9. The van der Waals surface area contributed by atoms with Gasteiger partial charge in [-0.05, 0) is 107 Å². The topological polar surface area (TPSA) is 72.5 Å². The lowest BCUT2D eigenvalue weighted by Gasteiger charge is -2.25. The molecule has 2 aliphatic heterocycles. The Kier molecular flexibility index (Phi) is 9.33. The molecule has 0 saturated carbocycles. The van der Waals surface area contributed by atoms with E-state index in [-0.39, 0.29) is 6.61 Å². The molecular formula is C40H29Br3O7. The minimum absolute atomic E-state index is 0.208. The molecule has 0 atom stereocenters. The quantitative estimate of drug-likeness (QED) is 0.0938. The molecule has 2 aliphatic rings. The molecular weight excluding hydrogens is 832 g/mol. The van der Waals surface area contributed by atoms with Crippen LogP contribution in [0.2, 0.25) is 0 Å². The van der Waals surface area contributed by atoms with E-state index in [0.717, 1.165) is 68.7 Å². The van der Waals surface area contributed by atoms with Crippen LogP contribution in [0.1, 0.15) is 39.0 Å². The number of carbonyl (C=O) groups excluding carboxylic acids is 1. The van der Waals surface area contributed by atoms with Crippen LogP contribution < -0.4 is 23.7 Å². The number of benzene rings is 6. The second kappa shape index (κ2) is 14.2. The molecule has 6 aromatic carbocycles. The third kappa shape index (κ3) is 6.52. The zero-order valence-corrected chi connectivity index (χ0v) is 31.4. The minimum atomic E-state index is -0.441. The molecule has 0 N–H and O–H groups in total. The van der Waals surface area contributed by atoms with Gasteiger partial charge in [0.25, 0.3) is 0 Å². The van der Waals surface area contributed by atoms with Crippen molar-refractivity contribution in [3.8, 4) is 28.7 Å². The second-order valence-electron chi connectivity index (χ2n) is 12.0. The average molecular weight is 861 g/mol. The van der Waals surface area contributed by atoms with Gasteiger partial charge in [0.1, 0.15) is 32.2 Å². The van der Waals surface area contributed by atoms with Crippen LogP contribution >= 0.6 is 47.8 Å². The van der Waals surface area contributed by atoms with Crippen LogP contribution in [0, 0.1) is 0 Å². The lowest BCUT2D eigenvalue weighted by atomic mass is 9.97. The van der Waals surface area contributed by atoms with Crippen LogP contribution in [0.4, 0.5) is 0 Å². The number of rotatable bonds is 6. The van der Waals surface area contributed by atoms with Gasteiger partial charge in [-0.25, -0.2) is 4.79 Å². The summed E-state index contributed by atoms with van der Waals surface area (Å²) in [4.78, 5) is 12.9. The van der Waals surface area contributed by atoms with Crippen LogP contribution in [-0.2, 0) is 31.2 Å². The van der Waals surface area contributed by atoms with E-state index in [2.05, 4.69) is 84.2 Å². The Hall–Kier alpha value is -4.25. The van der Waals surface area contributed by atoms with Gasteiger partial charge in [0, 0.05) is 21.7 Å². The molecule has 0 saturated heterocycles. The highest BCUT2D eigenvalue weighted by atomic mass is 79.9. The van der Waals surface area contributed by atoms with E-state index in [1.165, 1.54) is 0 Å². The number of ether oxygens (including phenoxy) is 6. The van der Waals surface area contributed by atoms with Crippen LogP contribution in [0.3, 0.4) is 0 Å². The van der Waals surface area contributed by atoms with Crippen LogP contribution in [0.25, 0.3) is 21.5 Å². The summed E-state index contributed by atoms with van der Waals surface area (Å²) in [5.74, 6) is 2.81. The van der Waals surface area contributed by atoms with Crippen LogP contribution in [0.5, 0.6) is 28.7 Å². The van der Waals surface area contributed by atoms with Crippen molar-refractivity contribution in [2.75, 3.05) is 13.2 Å². The standard InChI is InChI=1S/C40H29Br3O7/c41-28-17-33(42)39(34(43)18-28)45-12-5-13-46-40(44)23-10-11-35-36(16-23)48-20-25-15-27-22-50-38-32-9-4-2-7-30(32)29-6-1-3-8-31(29)37(38)49-21-26(27)14-24(25)19-47-35/h1-4,6-11,14-18H,5,12-13,19-22H2. The van der Waals surface area contributed by atoms with E-state index < -0.39 is 5.97 Å². The maximum absolute atomic E-state index is 12.9. The van der Waals surface area contributed by atoms with Gasteiger partial charge in [0.05, 0.1) is 27.7 Å². The summed E-state index contributed by atoms with van der Waals surface area (Å²) in [5, 5.41) is 4.31. The molecule has 6 aromatic rings. The Bertz CT molecular complexity index is 2260. The SMILES string of the molecule is O=C(OCCCOc1c(Br)cc(Br)cc1Br)c1ccc2c(c1)OCc1cc3c(cc1CO2)COc1c(c2ccccc2c2ccccc12)OC3. The summed E-state index contributed by atoms with van der Waals surface area (Å²) in [6, 6.07) is 29.7. The van der Waals surface area contributed by atoms with Crippen molar-refractivity contribution in [3.63, 3.8) is 0 Å². The molecule has 0 fully saturated rings. The predicted octanol–water partition coefficient (Wildman–Crippen LogP) is 10.8. The third-order valence-corrected chi connectivity index (χ3v) is 10.4. The Morgan fingerprint density at radius 3 is 1.68 bits per heavy atom. The summed E-state index contributed by atoms with van der Waals surface area (Å²) in [5.41, 5.74) is 4.44. The normalized spacial score (nSPS) is 13.3. The third-order valence-electron chi connectivity index (χ3n) is 8.78. The van der Waals surface area contributed by atoms with E-state index in [4.69, 9.17) is 28.4 Å². The van der Waals surface area contributed by atoms with Crippen LogP contribution in [0.15, 0.2) is 104 Å². The van der Waals surface area contributed by atoms with Gasteiger partial charge in [0.15, 0.2) is 23.0 Å². The van der Waals surface area contributed by atoms with Gasteiger partial charge in [-0.1, -0.05) is 64.5 Å². The van der Waals surface area contributed by atoms with Gasteiger partial charge >= 0.3 is 5.97 Å². The lowest BCUT2D eigenvalue weighted by molar-refractivity contribution is 0.0485. The van der Waals surface area contributed by atoms with E-state index in [9.17, 15) is 4.79 Å². The molecule has 0 bridgehead atoms. The molecule has 0 amide bonds. The maximum Gasteiger partial charge on any atom is 0.338 e. The van der Waals surface area contributed by atoms with Gasteiger partial charge in [-0.2, -0.15) is 0 Å². The van der Waals surface area contributed by atoms with Gasteiger partial charge in [-0.15, -0.1) is 0 Å². The number of esters is 1. The van der Waals surface area contributed by atoms with Crippen molar-refractivity contribution >= 4 is 75.3 Å². The van der Waals surface area contributed by atoms with Crippen LogP contribution in [-0.4, -0.2) is 19.2 Å². The highest BCUT2D eigenvalue weighted by Gasteiger charge is 2.23. The molecule has 0 unspecified atom stereocenters. The van der Waals surface area contributed by atoms with Crippen molar-refractivity contribution in [2.45, 2.75) is 32.8 Å². The van der Waals surface area contributed by atoms with Crippen molar-refractivity contribution in [2.24, 2.45) is 0 Å². The van der Waals surface area contributed by atoms with Gasteiger partial charge in [0.2, 0.25) is 0 Å². The molecule has 252 valence electrons. The molecule has 10 heteroatoms. The first-order valence-electron chi connectivity index (χ1n) is 16.1. The first-order chi connectivity index (χ1) is 24.4. The number of halogens is 3. The summed E-state index contributed by atoms with van der Waals surface area (Å²) in [6.07, 6.45) is 0.527. The first-order valence-corrected chi connectivity index (χ1v) is 18.5. The Morgan fingerprint density at radius 2 is 1.10 bits per heavy atom. The van der Waals surface area contributed by atoms with Crippen molar-refractivity contribution in [1.82, 2.24) is 0 Å². The number of hydrogen-bond donors (Lipinski definition) is 0. The Labute approximate surface area is 313 Å². The molecule has 50 heavy (non-hydrogen) atoms. The molecule has 0 radical (unpaired) electrons. The Balaban J connectivity index is 0.945. The number of fused-ring (bicyclic) bond motifs is 9. The van der Waals surface area contributed by atoms with Crippen molar-refractivity contribution in [1.29, 1.82) is 0 Å². The monoisotopic (exact) mass is 858 g/mol. The zero-order chi connectivity index (χ0) is 34.2. The average Bonchev–Trinajstić information content (AvgIpc) is 3.10. The molecule has 0 aliphatic carbocycles. The predicted molar refractivity (Wildman–Crippen MR) is 202 cm³/mol. The summed E-state index contributed by atoms with van der Waals surface area (Å²) >= 11 is 10.5. The zero-order valence-electron chi connectivity index (χ0n) is 26.6. The fraction of sp³-hybridized carbons (Fsp3) is 0.175. The molecule has 7 nitrogen and oxygen atoms in total. The van der Waals surface area contributed by atoms with Crippen molar-refractivity contribution in [3.05, 3.63) is 132 Å². The lowest BCUT2D eigenvalue weighted by Crippen LogP contribution is -2.15. The number of hydrogen-bond acceptors (Lipinski definition) is 7. The fourth-order valence-electron chi connectivity index (χ4n) is 6.32. The largest absolute Gasteiger partial charge is 0.491 e. The number of carbonyl (C=O) groups is 1. The molecule has 0 spiro atoms. The van der Waals surface area contributed by atoms with Crippen molar-refractivity contribution < 1.29 is 33.2 Å². The van der Waals surface area contributed by atoms with Gasteiger partial charge in [-0.3, -0.25) is 0 Å². The van der Waals surface area contributed by atoms with E-state index in [1.807, 2.05) is 36.4 Å². The second-order valence-corrected chi connectivity index (χ2v) is 14.6. The van der Waals surface area contributed by atoms with Gasteiger partial charge < -0.3 is 28.4 Å². The molecule has 8 rings (SSSR count). The van der Waals surface area contributed by atoms with E-state index in [0.29, 0.717) is 62.3 Å². The minimum Gasteiger partial charge on any atom is -0.491 e. The summed E-state index contributed by atoms with van der Waals surface area (Å²) in [6.45, 7) is 2.03. The highest BCUT2D eigenvalue weighted by molar-refractivity contribution is 9.11.